The van der Waals surface area contributed by atoms with E-state index in [2.05, 4.69) is 5.32 Å². The fraction of sp³-hybridized carbons (Fsp3) is 0.357. The molecular formula is C14H18N2O2. The van der Waals surface area contributed by atoms with Gasteiger partial charge in [-0.25, -0.2) is 0 Å². The number of rotatable bonds is 4. The lowest BCUT2D eigenvalue weighted by atomic mass is 9.95. The van der Waals surface area contributed by atoms with Gasteiger partial charge in [-0.15, -0.1) is 0 Å². The number of allylic oxidation sites excluding steroid dienone is 1. The third-order valence-electron chi connectivity index (χ3n) is 3.15. The monoisotopic (exact) mass is 246 g/mol. The van der Waals surface area contributed by atoms with E-state index in [9.17, 15) is 4.79 Å². The molecule has 0 aliphatic heterocycles. The summed E-state index contributed by atoms with van der Waals surface area (Å²) in [6.07, 6.45) is 3.78. The van der Waals surface area contributed by atoms with E-state index < -0.39 is 0 Å². The molecule has 0 saturated carbocycles. The molecule has 0 spiro atoms. The van der Waals surface area contributed by atoms with Crippen molar-refractivity contribution in [2.75, 3.05) is 12.4 Å². The normalized spacial score (nSPS) is 15.4. The van der Waals surface area contributed by atoms with Crippen LogP contribution in [0.3, 0.4) is 0 Å². The van der Waals surface area contributed by atoms with Crippen LogP contribution in [0.25, 0.3) is 0 Å². The van der Waals surface area contributed by atoms with Crippen LogP contribution in [0.4, 0.5) is 5.69 Å². The average molecular weight is 246 g/mol. The number of carbonyl (C=O) groups excluding carboxylic acids is 1. The molecule has 3 N–H and O–H groups in total. The SMILES string of the molecule is COc1ccc(NC2=C(C(N)=O)CCCC2)cc1. The van der Waals surface area contributed by atoms with Crippen LogP contribution in [-0.2, 0) is 4.79 Å². The van der Waals surface area contributed by atoms with E-state index >= 15 is 0 Å². The van der Waals surface area contributed by atoms with Crippen molar-refractivity contribution in [2.45, 2.75) is 25.7 Å². The van der Waals surface area contributed by atoms with Crippen LogP contribution < -0.4 is 15.8 Å². The highest BCUT2D eigenvalue weighted by Crippen LogP contribution is 2.26. The second kappa shape index (κ2) is 5.58. The number of ether oxygens (including phenoxy) is 1. The molecule has 0 radical (unpaired) electrons. The number of anilines is 1. The molecule has 1 aromatic carbocycles. The van der Waals surface area contributed by atoms with E-state index in [1.54, 1.807) is 7.11 Å². The predicted molar refractivity (Wildman–Crippen MR) is 71.3 cm³/mol. The Bertz CT molecular complexity index is 463. The van der Waals surface area contributed by atoms with E-state index in [-0.39, 0.29) is 5.91 Å². The molecule has 18 heavy (non-hydrogen) atoms. The third-order valence-corrected chi connectivity index (χ3v) is 3.15. The van der Waals surface area contributed by atoms with Crippen LogP contribution in [0.1, 0.15) is 25.7 Å². The van der Waals surface area contributed by atoms with Gasteiger partial charge in [0, 0.05) is 17.0 Å². The Kier molecular flexibility index (Phi) is 3.87. The van der Waals surface area contributed by atoms with Crippen molar-refractivity contribution in [1.82, 2.24) is 0 Å². The fourth-order valence-electron chi connectivity index (χ4n) is 2.16. The smallest absolute Gasteiger partial charge is 0.246 e. The Morgan fingerprint density at radius 1 is 1.22 bits per heavy atom. The molecule has 4 nitrogen and oxygen atoms in total. The van der Waals surface area contributed by atoms with Crippen molar-refractivity contribution < 1.29 is 9.53 Å². The number of primary amides is 1. The van der Waals surface area contributed by atoms with Crippen molar-refractivity contribution in [2.24, 2.45) is 5.73 Å². The molecule has 96 valence electrons. The van der Waals surface area contributed by atoms with Gasteiger partial charge in [-0.1, -0.05) is 0 Å². The Morgan fingerprint density at radius 2 is 1.89 bits per heavy atom. The molecule has 0 heterocycles. The van der Waals surface area contributed by atoms with Crippen LogP contribution in [0, 0.1) is 0 Å². The number of nitrogens with two attached hydrogens (primary N) is 1. The molecule has 1 aliphatic carbocycles. The van der Waals surface area contributed by atoms with Crippen molar-refractivity contribution in [3.05, 3.63) is 35.5 Å². The van der Waals surface area contributed by atoms with Crippen molar-refractivity contribution >= 4 is 11.6 Å². The van der Waals surface area contributed by atoms with E-state index in [0.717, 1.165) is 48.4 Å². The topological polar surface area (TPSA) is 64.3 Å². The molecule has 0 fully saturated rings. The summed E-state index contributed by atoms with van der Waals surface area (Å²) in [4.78, 5) is 11.4. The summed E-state index contributed by atoms with van der Waals surface area (Å²) in [5.74, 6) is 0.499. The molecule has 1 aromatic rings. The standard InChI is InChI=1S/C14H18N2O2/c1-18-11-8-6-10(7-9-11)16-13-5-3-2-4-12(13)14(15)17/h6-9,16H,2-5H2,1H3,(H2,15,17). The quantitative estimate of drug-likeness (QED) is 0.857. The van der Waals surface area contributed by atoms with E-state index in [1.807, 2.05) is 24.3 Å². The maximum Gasteiger partial charge on any atom is 0.246 e. The van der Waals surface area contributed by atoms with E-state index in [0.29, 0.717) is 0 Å². The Morgan fingerprint density at radius 3 is 2.50 bits per heavy atom. The maximum atomic E-state index is 11.4. The Hall–Kier alpha value is -1.97. The number of carbonyl (C=O) groups is 1. The summed E-state index contributed by atoms with van der Waals surface area (Å²) in [5.41, 5.74) is 8.04. The molecule has 0 unspecified atom stereocenters. The molecule has 1 aliphatic rings. The lowest BCUT2D eigenvalue weighted by Crippen LogP contribution is -2.21. The van der Waals surface area contributed by atoms with Gasteiger partial charge in [-0.05, 0) is 49.9 Å². The van der Waals surface area contributed by atoms with Gasteiger partial charge in [-0.3, -0.25) is 4.79 Å². The molecule has 1 amide bonds. The second-order valence-corrected chi connectivity index (χ2v) is 4.38. The number of hydrogen-bond donors (Lipinski definition) is 2. The second-order valence-electron chi connectivity index (χ2n) is 4.38. The summed E-state index contributed by atoms with van der Waals surface area (Å²) >= 11 is 0. The molecule has 4 heteroatoms. The van der Waals surface area contributed by atoms with Crippen LogP contribution in [-0.4, -0.2) is 13.0 Å². The molecule has 2 rings (SSSR count). The van der Waals surface area contributed by atoms with Crippen molar-refractivity contribution in [1.29, 1.82) is 0 Å². The molecular weight excluding hydrogens is 228 g/mol. The first-order chi connectivity index (χ1) is 8.70. The van der Waals surface area contributed by atoms with Crippen molar-refractivity contribution in [3.63, 3.8) is 0 Å². The largest absolute Gasteiger partial charge is 0.497 e. The summed E-state index contributed by atoms with van der Waals surface area (Å²) in [7, 11) is 1.64. The minimum atomic E-state index is -0.314. The number of benzene rings is 1. The minimum absolute atomic E-state index is 0.314. The zero-order valence-corrected chi connectivity index (χ0v) is 10.5. The average Bonchev–Trinajstić information content (AvgIpc) is 2.40. The van der Waals surface area contributed by atoms with Gasteiger partial charge in [-0.2, -0.15) is 0 Å². The first-order valence-electron chi connectivity index (χ1n) is 6.13. The zero-order valence-electron chi connectivity index (χ0n) is 10.5. The summed E-state index contributed by atoms with van der Waals surface area (Å²) < 4.78 is 5.10. The maximum absolute atomic E-state index is 11.4. The van der Waals surface area contributed by atoms with Gasteiger partial charge in [0.1, 0.15) is 5.75 Å². The molecule has 0 bridgehead atoms. The van der Waals surface area contributed by atoms with Gasteiger partial charge >= 0.3 is 0 Å². The lowest BCUT2D eigenvalue weighted by molar-refractivity contribution is -0.114. The summed E-state index contributed by atoms with van der Waals surface area (Å²) in [6.45, 7) is 0. The first-order valence-corrected chi connectivity index (χ1v) is 6.13. The highest BCUT2D eigenvalue weighted by atomic mass is 16.5. The summed E-state index contributed by atoms with van der Waals surface area (Å²) in [6, 6.07) is 7.63. The third kappa shape index (κ3) is 2.83. The van der Waals surface area contributed by atoms with Gasteiger partial charge < -0.3 is 15.8 Å². The van der Waals surface area contributed by atoms with Crippen LogP contribution in [0.2, 0.25) is 0 Å². The van der Waals surface area contributed by atoms with Gasteiger partial charge in [0.2, 0.25) is 5.91 Å². The fourth-order valence-corrected chi connectivity index (χ4v) is 2.16. The van der Waals surface area contributed by atoms with Gasteiger partial charge in [0.15, 0.2) is 0 Å². The molecule has 0 saturated heterocycles. The first kappa shape index (κ1) is 12.5. The highest BCUT2D eigenvalue weighted by Gasteiger charge is 2.16. The predicted octanol–water partition coefficient (Wildman–Crippen LogP) is 2.42. The van der Waals surface area contributed by atoms with E-state index in [4.69, 9.17) is 10.5 Å². The van der Waals surface area contributed by atoms with Gasteiger partial charge in [0.05, 0.1) is 7.11 Å². The number of methoxy groups -OCH3 is 1. The Balaban J connectivity index is 2.17. The summed E-state index contributed by atoms with van der Waals surface area (Å²) in [5, 5.41) is 3.29. The van der Waals surface area contributed by atoms with E-state index in [1.165, 1.54) is 0 Å². The van der Waals surface area contributed by atoms with Crippen molar-refractivity contribution in [3.8, 4) is 5.75 Å². The molecule has 0 aromatic heterocycles. The Labute approximate surface area is 107 Å². The van der Waals surface area contributed by atoms with Crippen LogP contribution in [0.5, 0.6) is 5.75 Å². The number of hydrogen-bond acceptors (Lipinski definition) is 3. The van der Waals surface area contributed by atoms with Crippen LogP contribution >= 0.6 is 0 Å². The lowest BCUT2D eigenvalue weighted by Gasteiger charge is -2.20. The van der Waals surface area contributed by atoms with Gasteiger partial charge in [0.25, 0.3) is 0 Å². The highest BCUT2D eigenvalue weighted by molar-refractivity contribution is 5.93. The zero-order chi connectivity index (χ0) is 13.0. The minimum Gasteiger partial charge on any atom is -0.497 e. The van der Waals surface area contributed by atoms with Crippen LogP contribution in [0.15, 0.2) is 35.5 Å². The number of amides is 1. The molecule has 0 atom stereocenters. The number of nitrogens with one attached hydrogen (secondary N) is 1.